The Kier molecular flexibility index (Phi) is 6.04. The second-order valence-corrected chi connectivity index (χ2v) is 6.46. The second kappa shape index (κ2) is 8.64. The standard InChI is InChI=1S/C22H24N2O3/c1-16(15-26-2)24(14-19-7-4-5-9-21(19)27-3)22(25)18-10-11-20-17(13-18)8-6-12-23-20/h4-13,16H,14-15H2,1-3H3/t16-/m1/s1. The van der Waals surface area contributed by atoms with E-state index in [2.05, 4.69) is 4.98 Å². The van der Waals surface area contributed by atoms with E-state index in [0.717, 1.165) is 22.2 Å². The number of pyridine rings is 1. The van der Waals surface area contributed by atoms with Crippen molar-refractivity contribution < 1.29 is 14.3 Å². The van der Waals surface area contributed by atoms with Gasteiger partial charge in [0.25, 0.3) is 5.91 Å². The van der Waals surface area contributed by atoms with Crippen LogP contribution in [-0.2, 0) is 11.3 Å². The third-order valence-corrected chi connectivity index (χ3v) is 4.58. The lowest BCUT2D eigenvalue weighted by Crippen LogP contribution is -2.40. The van der Waals surface area contributed by atoms with E-state index in [4.69, 9.17) is 9.47 Å². The Morgan fingerprint density at radius 3 is 2.70 bits per heavy atom. The number of amides is 1. The number of rotatable bonds is 7. The highest BCUT2D eigenvalue weighted by Crippen LogP contribution is 2.23. The molecule has 0 radical (unpaired) electrons. The monoisotopic (exact) mass is 364 g/mol. The van der Waals surface area contributed by atoms with E-state index in [0.29, 0.717) is 18.7 Å². The van der Waals surface area contributed by atoms with Gasteiger partial charge in [-0.05, 0) is 37.3 Å². The molecule has 5 nitrogen and oxygen atoms in total. The lowest BCUT2D eigenvalue weighted by molar-refractivity contribution is 0.0540. The average molecular weight is 364 g/mol. The Hall–Kier alpha value is -2.92. The van der Waals surface area contributed by atoms with Crippen molar-refractivity contribution in [1.82, 2.24) is 9.88 Å². The van der Waals surface area contributed by atoms with Crippen molar-refractivity contribution in [2.75, 3.05) is 20.8 Å². The third kappa shape index (κ3) is 4.26. The maximum absolute atomic E-state index is 13.3. The molecule has 1 amide bonds. The highest BCUT2D eigenvalue weighted by molar-refractivity contribution is 5.98. The van der Waals surface area contributed by atoms with Crippen LogP contribution in [0.1, 0.15) is 22.8 Å². The number of methoxy groups -OCH3 is 2. The van der Waals surface area contributed by atoms with Crippen molar-refractivity contribution in [3.8, 4) is 5.75 Å². The minimum atomic E-state index is -0.0861. The Balaban J connectivity index is 1.94. The summed E-state index contributed by atoms with van der Waals surface area (Å²) in [7, 11) is 3.28. The zero-order valence-corrected chi connectivity index (χ0v) is 15.9. The lowest BCUT2D eigenvalue weighted by atomic mass is 10.1. The molecule has 140 valence electrons. The molecule has 0 spiro atoms. The molecule has 0 aliphatic rings. The Labute approximate surface area is 159 Å². The zero-order valence-electron chi connectivity index (χ0n) is 15.9. The van der Waals surface area contributed by atoms with Crippen molar-refractivity contribution >= 4 is 16.8 Å². The first-order valence-corrected chi connectivity index (χ1v) is 8.90. The lowest BCUT2D eigenvalue weighted by Gasteiger charge is -2.29. The molecule has 3 rings (SSSR count). The van der Waals surface area contributed by atoms with Crippen LogP contribution >= 0.6 is 0 Å². The molecule has 0 aliphatic heterocycles. The van der Waals surface area contributed by atoms with Crippen molar-refractivity contribution in [3.05, 3.63) is 71.9 Å². The average Bonchev–Trinajstić information content (AvgIpc) is 2.71. The molecule has 0 saturated heterocycles. The molecule has 1 heterocycles. The van der Waals surface area contributed by atoms with Gasteiger partial charge < -0.3 is 14.4 Å². The van der Waals surface area contributed by atoms with Crippen LogP contribution < -0.4 is 4.74 Å². The van der Waals surface area contributed by atoms with Crippen LogP contribution in [0.2, 0.25) is 0 Å². The number of fused-ring (bicyclic) bond motifs is 1. The van der Waals surface area contributed by atoms with Crippen molar-refractivity contribution in [1.29, 1.82) is 0 Å². The normalized spacial score (nSPS) is 12.0. The smallest absolute Gasteiger partial charge is 0.254 e. The predicted octanol–water partition coefficient (Wildman–Crippen LogP) is 3.92. The van der Waals surface area contributed by atoms with Crippen LogP contribution in [0.3, 0.4) is 0 Å². The van der Waals surface area contributed by atoms with E-state index in [1.165, 1.54) is 0 Å². The van der Waals surface area contributed by atoms with E-state index in [1.807, 2.05) is 66.4 Å². The fraction of sp³-hybridized carbons (Fsp3) is 0.273. The Morgan fingerprint density at radius 1 is 1.11 bits per heavy atom. The molecular formula is C22H24N2O3. The van der Waals surface area contributed by atoms with Crippen LogP contribution in [0, 0.1) is 0 Å². The fourth-order valence-electron chi connectivity index (χ4n) is 3.15. The van der Waals surface area contributed by atoms with Crippen LogP contribution in [0.25, 0.3) is 10.9 Å². The number of benzene rings is 2. The maximum Gasteiger partial charge on any atom is 0.254 e. The summed E-state index contributed by atoms with van der Waals surface area (Å²) in [6.07, 6.45) is 1.75. The van der Waals surface area contributed by atoms with E-state index in [9.17, 15) is 4.79 Å². The molecule has 2 aromatic carbocycles. The molecule has 1 atom stereocenters. The van der Waals surface area contributed by atoms with E-state index < -0.39 is 0 Å². The molecule has 1 aromatic heterocycles. The molecule has 27 heavy (non-hydrogen) atoms. The minimum Gasteiger partial charge on any atom is -0.496 e. The minimum absolute atomic E-state index is 0.0452. The summed E-state index contributed by atoms with van der Waals surface area (Å²) in [4.78, 5) is 19.5. The fourth-order valence-corrected chi connectivity index (χ4v) is 3.15. The molecule has 0 saturated carbocycles. The van der Waals surface area contributed by atoms with Gasteiger partial charge in [0.05, 0.1) is 31.8 Å². The predicted molar refractivity (Wildman–Crippen MR) is 106 cm³/mol. The molecule has 0 aliphatic carbocycles. The molecule has 0 bridgehead atoms. The number of aromatic nitrogens is 1. The van der Waals surface area contributed by atoms with E-state index in [1.54, 1.807) is 20.4 Å². The first-order chi connectivity index (χ1) is 13.1. The molecular weight excluding hydrogens is 340 g/mol. The molecule has 0 fully saturated rings. The number of hydrogen-bond donors (Lipinski definition) is 0. The molecule has 0 N–H and O–H groups in total. The summed E-state index contributed by atoms with van der Waals surface area (Å²) in [5.41, 5.74) is 2.46. The first kappa shape index (κ1) is 18.9. The zero-order chi connectivity index (χ0) is 19.2. The second-order valence-electron chi connectivity index (χ2n) is 6.46. The van der Waals surface area contributed by atoms with Crippen LogP contribution in [0.5, 0.6) is 5.75 Å². The van der Waals surface area contributed by atoms with Crippen LogP contribution in [0.4, 0.5) is 0 Å². The van der Waals surface area contributed by atoms with Gasteiger partial charge in [-0.2, -0.15) is 0 Å². The summed E-state index contributed by atoms with van der Waals surface area (Å²) in [6.45, 7) is 2.88. The summed E-state index contributed by atoms with van der Waals surface area (Å²) < 4.78 is 10.8. The van der Waals surface area contributed by atoms with E-state index >= 15 is 0 Å². The van der Waals surface area contributed by atoms with Crippen molar-refractivity contribution in [3.63, 3.8) is 0 Å². The summed E-state index contributed by atoms with van der Waals surface area (Å²) in [5, 5.41) is 0.944. The van der Waals surface area contributed by atoms with Gasteiger partial charge >= 0.3 is 0 Å². The van der Waals surface area contributed by atoms with Gasteiger partial charge in [-0.15, -0.1) is 0 Å². The largest absolute Gasteiger partial charge is 0.496 e. The van der Waals surface area contributed by atoms with E-state index in [-0.39, 0.29) is 11.9 Å². The number of ether oxygens (including phenoxy) is 2. The van der Waals surface area contributed by atoms with Gasteiger partial charge in [0.1, 0.15) is 5.75 Å². The SMILES string of the molecule is COC[C@@H](C)N(Cc1ccccc1OC)C(=O)c1ccc2ncccc2c1. The maximum atomic E-state index is 13.3. The number of nitrogens with zero attached hydrogens (tertiary/aromatic N) is 2. The highest BCUT2D eigenvalue weighted by atomic mass is 16.5. The van der Waals surface area contributed by atoms with Gasteiger partial charge in [-0.25, -0.2) is 0 Å². The summed E-state index contributed by atoms with van der Waals surface area (Å²) >= 11 is 0. The van der Waals surface area contributed by atoms with Gasteiger partial charge in [-0.3, -0.25) is 9.78 Å². The molecule has 5 heteroatoms. The van der Waals surface area contributed by atoms with Gasteiger partial charge in [-0.1, -0.05) is 24.3 Å². The number of para-hydroxylation sites is 1. The number of carbonyl (C=O) groups excluding carboxylic acids is 1. The van der Waals surface area contributed by atoms with Crippen molar-refractivity contribution in [2.45, 2.75) is 19.5 Å². The quantitative estimate of drug-likeness (QED) is 0.638. The highest BCUT2D eigenvalue weighted by Gasteiger charge is 2.23. The van der Waals surface area contributed by atoms with Gasteiger partial charge in [0.15, 0.2) is 0 Å². The summed E-state index contributed by atoms with van der Waals surface area (Å²) in [5.74, 6) is 0.721. The Bertz CT molecular complexity index is 926. The van der Waals surface area contributed by atoms with Crippen LogP contribution in [-0.4, -0.2) is 42.7 Å². The Morgan fingerprint density at radius 2 is 1.93 bits per heavy atom. The topological polar surface area (TPSA) is 51.7 Å². The molecule has 3 aromatic rings. The number of carbonyl (C=O) groups is 1. The van der Waals surface area contributed by atoms with Crippen LogP contribution in [0.15, 0.2) is 60.8 Å². The first-order valence-electron chi connectivity index (χ1n) is 8.90. The van der Waals surface area contributed by atoms with Gasteiger partial charge in [0.2, 0.25) is 0 Å². The third-order valence-electron chi connectivity index (χ3n) is 4.58. The number of hydrogen-bond acceptors (Lipinski definition) is 4. The van der Waals surface area contributed by atoms with Crippen molar-refractivity contribution in [2.24, 2.45) is 0 Å². The molecule has 0 unspecified atom stereocenters. The summed E-state index contributed by atoms with van der Waals surface area (Å²) in [6, 6.07) is 17.1. The van der Waals surface area contributed by atoms with Gasteiger partial charge in [0, 0.05) is 29.8 Å².